The van der Waals surface area contributed by atoms with E-state index in [0.29, 0.717) is 0 Å². The third-order valence-electron chi connectivity index (χ3n) is 2.09. The maximum Gasteiger partial charge on any atom is 0.356 e. The molecule has 0 aliphatic rings. The SMILES string of the molecule is O=C(O)c1ccc(-c2cc(F)ccc2F)nn1. The lowest BCUT2D eigenvalue weighted by molar-refractivity contribution is 0.0689. The van der Waals surface area contributed by atoms with Gasteiger partial charge >= 0.3 is 5.97 Å². The Morgan fingerprint density at radius 3 is 2.47 bits per heavy atom. The maximum absolute atomic E-state index is 13.4. The largest absolute Gasteiger partial charge is 0.476 e. The molecule has 1 aromatic heterocycles. The number of benzene rings is 1. The van der Waals surface area contributed by atoms with Crippen molar-refractivity contribution in [2.45, 2.75) is 0 Å². The predicted octanol–water partition coefficient (Wildman–Crippen LogP) is 2.12. The van der Waals surface area contributed by atoms with Gasteiger partial charge < -0.3 is 5.11 Å². The summed E-state index contributed by atoms with van der Waals surface area (Å²) in [5, 5.41) is 15.5. The molecule has 0 fully saturated rings. The summed E-state index contributed by atoms with van der Waals surface area (Å²) in [6.07, 6.45) is 0. The molecule has 86 valence electrons. The number of hydrogen-bond donors (Lipinski definition) is 1. The van der Waals surface area contributed by atoms with Crippen LogP contribution in [0.3, 0.4) is 0 Å². The van der Waals surface area contributed by atoms with E-state index in [1.807, 2.05) is 0 Å². The van der Waals surface area contributed by atoms with Gasteiger partial charge in [-0.3, -0.25) is 0 Å². The zero-order valence-corrected chi connectivity index (χ0v) is 8.39. The van der Waals surface area contributed by atoms with Gasteiger partial charge in [-0.05, 0) is 30.3 Å². The summed E-state index contributed by atoms with van der Waals surface area (Å²) in [5.74, 6) is -2.49. The van der Waals surface area contributed by atoms with Gasteiger partial charge in [0.1, 0.15) is 11.6 Å². The van der Waals surface area contributed by atoms with Crippen LogP contribution in [0.2, 0.25) is 0 Å². The van der Waals surface area contributed by atoms with Crippen molar-refractivity contribution in [1.29, 1.82) is 0 Å². The number of aromatic nitrogens is 2. The van der Waals surface area contributed by atoms with Gasteiger partial charge in [-0.25, -0.2) is 13.6 Å². The summed E-state index contributed by atoms with van der Waals surface area (Å²) in [5.41, 5.74) is -0.244. The van der Waals surface area contributed by atoms with Crippen LogP contribution in [0.15, 0.2) is 30.3 Å². The highest BCUT2D eigenvalue weighted by Crippen LogP contribution is 2.21. The summed E-state index contributed by atoms with van der Waals surface area (Å²) in [4.78, 5) is 10.5. The van der Waals surface area contributed by atoms with E-state index >= 15 is 0 Å². The van der Waals surface area contributed by atoms with E-state index in [-0.39, 0.29) is 17.0 Å². The topological polar surface area (TPSA) is 63.1 Å². The fourth-order valence-corrected chi connectivity index (χ4v) is 1.28. The molecule has 0 saturated carbocycles. The Morgan fingerprint density at radius 2 is 1.88 bits per heavy atom. The number of nitrogens with zero attached hydrogens (tertiary/aromatic N) is 2. The van der Waals surface area contributed by atoms with E-state index in [2.05, 4.69) is 10.2 Å². The number of hydrogen-bond acceptors (Lipinski definition) is 3. The Morgan fingerprint density at radius 1 is 1.12 bits per heavy atom. The van der Waals surface area contributed by atoms with E-state index in [4.69, 9.17) is 5.11 Å². The molecule has 6 heteroatoms. The van der Waals surface area contributed by atoms with Gasteiger partial charge in [-0.1, -0.05) is 0 Å². The molecule has 1 heterocycles. The average molecular weight is 236 g/mol. The van der Waals surface area contributed by atoms with Crippen LogP contribution in [0.1, 0.15) is 10.5 Å². The molecule has 0 amide bonds. The molecule has 0 radical (unpaired) electrons. The van der Waals surface area contributed by atoms with Crippen molar-refractivity contribution < 1.29 is 18.7 Å². The van der Waals surface area contributed by atoms with E-state index in [0.717, 1.165) is 18.2 Å². The van der Waals surface area contributed by atoms with Crippen LogP contribution in [-0.2, 0) is 0 Å². The normalized spacial score (nSPS) is 10.2. The van der Waals surface area contributed by atoms with E-state index < -0.39 is 17.6 Å². The van der Waals surface area contributed by atoms with Gasteiger partial charge in [0, 0.05) is 5.56 Å². The molecular formula is C11H6F2N2O2. The molecule has 1 aromatic carbocycles. The van der Waals surface area contributed by atoms with Gasteiger partial charge in [0.25, 0.3) is 0 Å². The van der Waals surface area contributed by atoms with E-state index in [1.54, 1.807) is 0 Å². The lowest BCUT2D eigenvalue weighted by Gasteiger charge is -2.02. The number of halogens is 2. The fraction of sp³-hybridized carbons (Fsp3) is 0. The van der Waals surface area contributed by atoms with Crippen LogP contribution >= 0.6 is 0 Å². The summed E-state index contributed by atoms with van der Waals surface area (Å²) < 4.78 is 26.3. The smallest absolute Gasteiger partial charge is 0.356 e. The first kappa shape index (κ1) is 11.1. The lowest BCUT2D eigenvalue weighted by atomic mass is 10.1. The summed E-state index contributed by atoms with van der Waals surface area (Å²) in [6, 6.07) is 5.37. The minimum absolute atomic E-state index is 0.0607. The molecule has 1 N–H and O–H groups in total. The highest BCUT2D eigenvalue weighted by atomic mass is 19.1. The van der Waals surface area contributed by atoms with Crippen molar-refractivity contribution in [2.75, 3.05) is 0 Å². The molecule has 0 bridgehead atoms. The van der Waals surface area contributed by atoms with Crippen LogP contribution in [-0.4, -0.2) is 21.3 Å². The Balaban J connectivity index is 2.46. The molecule has 0 atom stereocenters. The van der Waals surface area contributed by atoms with E-state index in [1.165, 1.54) is 12.1 Å². The molecule has 0 unspecified atom stereocenters. The Labute approximate surface area is 94.5 Å². The maximum atomic E-state index is 13.4. The molecule has 17 heavy (non-hydrogen) atoms. The number of carboxylic acids is 1. The first-order valence-electron chi connectivity index (χ1n) is 4.60. The molecule has 0 saturated heterocycles. The molecule has 0 spiro atoms. The molecule has 2 rings (SSSR count). The van der Waals surface area contributed by atoms with Crippen LogP contribution in [0.5, 0.6) is 0 Å². The Hall–Kier alpha value is -2.37. The molecule has 2 aromatic rings. The van der Waals surface area contributed by atoms with Gasteiger partial charge in [0.05, 0.1) is 5.69 Å². The van der Waals surface area contributed by atoms with Crippen molar-refractivity contribution in [3.8, 4) is 11.3 Å². The summed E-state index contributed by atoms with van der Waals surface area (Å²) >= 11 is 0. The monoisotopic (exact) mass is 236 g/mol. The van der Waals surface area contributed by atoms with Gasteiger partial charge in [0.15, 0.2) is 5.69 Å². The van der Waals surface area contributed by atoms with Crippen LogP contribution in [0.4, 0.5) is 8.78 Å². The predicted molar refractivity (Wildman–Crippen MR) is 54.3 cm³/mol. The van der Waals surface area contributed by atoms with Crippen LogP contribution in [0.25, 0.3) is 11.3 Å². The molecule has 4 nitrogen and oxygen atoms in total. The Kier molecular flexibility index (Phi) is 2.78. The zero-order chi connectivity index (χ0) is 12.4. The second-order valence-electron chi connectivity index (χ2n) is 3.23. The molecule has 0 aliphatic carbocycles. The number of carbonyl (C=O) groups is 1. The van der Waals surface area contributed by atoms with Crippen molar-refractivity contribution >= 4 is 5.97 Å². The van der Waals surface area contributed by atoms with Crippen molar-refractivity contribution in [3.63, 3.8) is 0 Å². The first-order chi connectivity index (χ1) is 8.08. The Bertz CT molecular complexity index is 570. The lowest BCUT2D eigenvalue weighted by Crippen LogP contribution is -2.02. The average Bonchev–Trinajstić information content (AvgIpc) is 2.32. The number of aromatic carboxylic acids is 1. The quantitative estimate of drug-likeness (QED) is 0.867. The summed E-state index contributed by atoms with van der Waals surface area (Å²) in [6.45, 7) is 0. The number of carboxylic acid groups (broad SMARTS) is 1. The minimum Gasteiger partial charge on any atom is -0.476 e. The second kappa shape index (κ2) is 4.25. The van der Waals surface area contributed by atoms with Gasteiger partial charge in [-0.2, -0.15) is 0 Å². The number of rotatable bonds is 2. The van der Waals surface area contributed by atoms with Crippen LogP contribution in [0, 0.1) is 11.6 Å². The second-order valence-corrected chi connectivity index (χ2v) is 3.23. The van der Waals surface area contributed by atoms with Gasteiger partial charge in [-0.15, -0.1) is 10.2 Å². The van der Waals surface area contributed by atoms with Crippen LogP contribution < -0.4 is 0 Å². The van der Waals surface area contributed by atoms with Crippen molar-refractivity contribution in [1.82, 2.24) is 10.2 Å². The third kappa shape index (κ3) is 2.25. The first-order valence-corrected chi connectivity index (χ1v) is 4.60. The molecule has 0 aliphatic heterocycles. The minimum atomic E-state index is -1.23. The standard InChI is InChI=1S/C11H6F2N2O2/c12-6-1-2-8(13)7(5-6)9-3-4-10(11(16)17)15-14-9/h1-5H,(H,16,17). The zero-order valence-electron chi connectivity index (χ0n) is 8.39. The highest BCUT2D eigenvalue weighted by Gasteiger charge is 2.10. The highest BCUT2D eigenvalue weighted by molar-refractivity contribution is 5.85. The van der Waals surface area contributed by atoms with Crippen molar-refractivity contribution in [2.24, 2.45) is 0 Å². The van der Waals surface area contributed by atoms with E-state index in [9.17, 15) is 13.6 Å². The van der Waals surface area contributed by atoms with Gasteiger partial charge in [0.2, 0.25) is 0 Å². The molecular weight excluding hydrogens is 230 g/mol. The van der Waals surface area contributed by atoms with Crippen molar-refractivity contribution in [3.05, 3.63) is 47.7 Å². The fourth-order valence-electron chi connectivity index (χ4n) is 1.28. The third-order valence-corrected chi connectivity index (χ3v) is 2.09. The summed E-state index contributed by atoms with van der Waals surface area (Å²) in [7, 11) is 0.